The Morgan fingerprint density at radius 1 is 0.681 bits per heavy atom. The maximum atomic E-state index is 13.9. The summed E-state index contributed by atoms with van der Waals surface area (Å²) in [4.78, 5) is 71.5. The van der Waals surface area contributed by atoms with E-state index in [1.807, 2.05) is 30.3 Å². The standard InChI is InChI=1S/C51H59N5O13/c1-34-41(57)29-42(58)46(47(34)69-33-35-6-3-2-4-7-35)50(62)55-31-37-11-10-36(28-38(37)32-55)30-54-16-14-53(15-17-54)18-19-64-20-21-65-22-23-66-24-25-67-26-27-68-43-9-5-8-39-45(43)51(63)56(49(39)61)40-12-13-44(59)52-48(40)60/h2-11,28-29,40,57-58H,12-27,30-33H2,1H3,(H,52,59,60). The SMILES string of the molecule is Cc1c(O)cc(O)c(C(=O)N2Cc3ccc(CN4CCN(CCOCCOCCOCCOCCOc5cccc6c5C(=O)N(C5CCC(=O)NC5=O)C6=O)CC4)cc3C2)c1OCc1ccccc1. The summed E-state index contributed by atoms with van der Waals surface area (Å²) in [5.74, 6) is -2.71. The van der Waals surface area contributed by atoms with Gasteiger partial charge in [-0.3, -0.25) is 44.0 Å². The number of fused-ring (bicyclic) bond motifs is 2. The number of rotatable bonds is 23. The summed E-state index contributed by atoms with van der Waals surface area (Å²) in [6.07, 6.45) is 0.123. The van der Waals surface area contributed by atoms with E-state index in [0.717, 1.165) is 60.9 Å². The minimum atomic E-state index is -1.05. The van der Waals surface area contributed by atoms with Crippen LogP contribution in [0.4, 0.5) is 0 Å². The molecule has 0 aromatic heterocycles. The summed E-state index contributed by atoms with van der Waals surface area (Å²) in [6.45, 7) is 11.5. The molecule has 4 heterocycles. The lowest BCUT2D eigenvalue weighted by atomic mass is 10.0. The highest BCUT2D eigenvalue weighted by atomic mass is 16.6. The fourth-order valence-corrected chi connectivity index (χ4v) is 8.89. The van der Waals surface area contributed by atoms with Gasteiger partial charge in [0, 0.05) is 70.4 Å². The number of carbonyl (C=O) groups is 5. The van der Waals surface area contributed by atoms with E-state index in [9.17, 15) is 34.2 Å². The van der Waals surface area contributed by atoms with E-state index in [-0.39, 0.29) is 78.3 Å². The predicted octanol–water partition coefficient (Wildman–Crippen LogP) is 3.81. The molecule has 18 heteroatoms. The fourth-order valence-electron chi connectivity index (χ4n) is 8.89. The Kier molecular flexibility index (Phi) is 16.5. The van der Waals surface area contributed by atoms with Gasteiger partial charge in [0.1, 0.15) is 47.8 Å². The third kappa shape index (κ3) is 12.1. The molecule has 0 bridgehead atoms. The van der Waals surface area contributed by atoms with Crippen LogP contribution in [0, 0.1) is 6.92 Å². The van der Waals surface area contributed by atoms with Gasteiger partial charge < -0.3 is 43.5 Å². The summed E-state index contributed by atoms with van der Waals surface area (Å²) in [5.41, 5.74) is 4.94. The molecule has 3 N–H and O–H groups in total. The van der Waals surface area contributed by atoms with E-state index in [1.54, 1.807) is 24.0 Å². The first-order valence-corrected chi connectivity index (χ1v) is 23.4. The average Bonchev–Trinajstić information content (AvgIpc) is 3.89. The van der Waals surface area contributed by atoms with Crippen LogP contribution in [0.25, 0.3) is 0 Å². The molecule has 366 valence electrons. The van der Waals surface area contributed by atoms with Gasteiger partial charge in [0.05, 0.1) is 64.0 Å². The van der Waals surface area contributed by atoms with Crippen molar-refractivity contribution in [2.24, 2.45) is 0 Å². The molecule has 69 heavy (non-hydrogen) atoms. The van der Waals surface area contributed by atoms with Crippen LogP contribution in [-0.2, 0) is 54.8 Å². The van der Waals surface area contributed by atoms with Crippen LogP contribution in [0.15, 0.2) is 72.8 Å². The van der Waals surface area contributed by atoms with E-state index in [2.05, 4.69) is 33.3 Å². The third-order valence-electron chi connectivity index (χ3n) is 12.7. The summed E-state index contributed by atoms with van der Waals surface area (Å²) >= 11 is 0. The van der Waals surface area contributed by atoms with Gasteiger partial charge in [-0.1, -0.05) is 54.6 Å². The normalized spacial score (nSPS) is 17.3. The Hall–Kier alpha value is -6.41. The number of hydrogen-bond acceptors (Lipinski definition) is 15. The van der Waals surface area contributed by atoms with E-state index >= 15 is 0 Å². The number of imide groups is 2. The molecule has 2 fully saturated rings. The number of hydrogen-bond donors (Lipinski definition) is 3. The Morgan fingerprint density at radius 2 is 1.35 bits per heavy atom. The number of piperazine rings is 1. The number of phenolic OH excluding ortho intramolecular Hbond substituents is 2. The van der Waals surface area contributed by atoms with Gasteiger partial charge in [0.25, 0.3) is 17.7 Å². The number of nitrogens with one attached hydrogen (secondary N) is 1. The number of carbonyl (C=O) groups excluding carboxylic acids is 5. The van der Waals surface area contributed by atoms with Gasteiger partial charge >= 0.3 is 0 Å². The topological polar surface area (TPSA) is 206 Å². The Bertz CT molecular complexity index is 2500. The first-order valence-electron chi connectivity index (χ1n) is 23.4. The molecule has 8 rings (SSSR count). The van der Waals surface area contributed by atoms with Crippen LogP contribution in [0.5, 0.6) is 23.0 Å². The number of piperidine rings is 1. The van der Waals surface area contributed by atoms with Gasteiger partial charge in [0.2, 0.25) is 11.8 Å². The van der Waals surface area contributed by atoms with Crippen molar-refractivity contribution in [1.29, 1.82) is 0 Å². The molecule has 4 aromatic carbocycles. The molecule has 0 aliphatic carbocycles. The fraction of sp³-hybridized carbons (Fsp3) is 0.431. The lowest BCUT2D eigenvalue weighted by Gasteiger charge is -2.34. The summed E-state index contributed by atoms with van der Waals surface area (Å²) in [5, 5.41) is 23.5. The second-order valence-corrected chi connectivity index (χ2v) is 17.3. The minimum absolute atomic E-state index is 0.0450. The quantitative estimate of drug-likeness (QED) is 0.0715. The van der Waals surface area contributed by atoms with Crippen molar-refractivity contribution in [3.63, 3.8) is 0 Å². The Morgan fingerprint density at radius 3 is 2.06 bits per heavy atom. The number of nitrogens with zero attached hydrogens (tertiary/aromatic N) is 4. The van der Waals surface area contributed by atoms with Crippen LogP contribution < -0.4 is 14.8 Å². The molecule has 4 aromatic rings. The number of phenols is 2. The van der Waals surface area contributed by atoms with Crippen molar-refractivity contribution in [3.05, 3.63) is 117 Å². The predicted molar refractivity (Wildman–Crippen MR) is 249 cm³/mol. The highest BCUT2D eigenvalue weighted by Gasteiger charge is 2.46. The summed E-state index contributed by atoms with van der Waals surface area (Å²) < 4.78 is 34.5. The zero-order valence-corrected chi connectivity index (χ0v) is 38.8. The maximum absolute atomic E-state index is 13.9. The van der Waals surface area contributed by atoms with E-state index in [4.69, 9.17) is 28.4 Å². The van der Waals surface area contributed by atoms with Gasteiger partial charge in [-0.15, -0.1) is 0 Å². The second-order valence-electron chi connectivity index (χ2n) is 17.3. The van der Waals surface area contributed by atoms with Crippen molar-refractivity contribution >= 4 is 29.5 Å². The molecule has 0 spiro atoms. The number of ether oxygens (including phenoxy) is 6. The molecule has 1 unspecified atom stereocenters. The zero-order chi connectivity index (χ0) is 48.3. The second kappa shape index (κ2) is 23.3. The lowest BCUT2D eigenvalue weighted by molar-refractivity contribution is -0.136. The molecule has 0 radical (unpaired) electrons. The minimum Gasteiger partial charge on any atom is -0.507 e. The molecule has 4 aliphatic heterocycles. The average molecular weight is 950 g/mol. The molecule has 0 saturated carbocycles. The molecular weight excluding hydrogens is 891 g/mol. The highest BCUT2D eigenvalue weighted by molar-refractivity contribution is 6.24. The maximum Gasteiger partial charge on any atom is 0.266 e. The molecule has 1 atom stereocenters. The highest BCUT2D eigenvalue weighted by Crippen LogP contribution is 2.40. The smallest absolute Gasteiger partial charge is 0.266 e. The van der Waals surface area contributed by atoms with Crippen LogP contribution >= 0.6 is 0 Å². The largest absolute Gasteiger partial charge is 0.507 e. The van der Waals surface area contributed by atoms with Gasteiger partial charge in [-0.25, -0.2) is 0 Å². The van der Waals surface area contributed by atoms with Crippen molar-refractivity contribution in [3.8, 4) is 23.0 Å². The van der Waals surface area contributed by atoms with Crippen LogP contribution in [0.2, 0.25) is 0 Å². The van der Waals surface area contributed by atoms with Crippen molar-refractivity contribution in [2.45, 2.75) is 52.0 Å². The molecular formula is C51H59N5O13. The summed E-state index contributed by atoms with van der Waals surface area (Å²) in [7, 11) is 0. The molecule has 5 amide bonds. The Labute approximate surface area is 400 Å². The molecule has 2 saturated heterocycles. The third-order valence-corrected chi connectivity index (χ3v) is 12.7. The molecule has 18 nitrogen and oxygen atoms in total. The van der Waals surface area contributed by atoms with E-state index in [1.165, 1.54) is 17.7 Å². The Balaban J connectivity index is 0.646. The van der Waals surface area contributed by atoms with Crippen LogP contribution in [0.1, 0.15) is 71.7 Å². The first-order chi connectivity index (χ1) is 33.5. The zero-order valence-electron chi connectivity index (χ0n) is 38.8. The first kappa shape index (κ1) is 49.0. The monoisotopic (exact) mass is 949 g/mol. The number of aromatic hydroxyl groups is 2. The van der Waals surface area contributed by atoms with Gasteiger partial charge in [-0.2, -0.15) is 0 Å². The van der Waals surface area contributed by atoms with E-state index < -0.39 is 29.7 Å². The van der Waals surface area contributed by atoms with Crippen molar-refractivity contribution in [2.75, 3.05) is 92.2 Å². The summed E-state index contributed by atoms with van der Waals surface area (Å²) in [6, 6.07) is 20.8. The van der Waals surface area contributed by atoms with Crippen molar-refractivity contribution in [1.82, 2.24) is 24.9 Å². The van der Waals surface area contributed by atoms with Crippen LogP contribution in [-0.4, -0.2) is 158 Å². The number of benzene rings is 4. The van der Waals surface area contributed by atoms with Gasteiger partial charge in [0.15, 0.2) is 0 Å². The van der Waals surface area contributed by atoms with Crippen molar-refractivity contribution < 1.29 is 62.6 Å². The van der Waals surface area contributed by atoms with Gasteiger partial charge in [-0.05, 0) is 47.7 Å². The number of amides is 5. The lowest BCUT2D eigenvalue weighted by Crippen LogP contribution is -2.54. The van der Waals surface area contributed by atoms with Crippen LogP contribution in [0.3, 0.4) is 0 Å². The van der Waals surface area contributed by atoms with E-state index in [0.29, 0.717) is 64.9 Å². The molecule has 4 aliphatic rings.